The summed E-state index contributed by atoms with van der Waals surface area (Å²) in [7, 11) is 0. The van der Waals surface area contributed by atoms with Gasteiger partial charge in [-0.3, -0.25) is 0 Å². The minimum absolute atomic E-state index is 0.0323. The average Bonchev–Trinajstić information content (AvgIpc) is 2.62. The summed E-state index contributed by atoms with van der Waals surface area (Å²) >= 11 is 6.78. The van der Waals surface area contributed by atoms with E-state index in [0.717, 1.165) is 12.8 Å². The van der Waals surface area contributed by atoms with Crippen LogP contribution in [0.25, 0.3) is 0 Å². The van der Waals surface area contributed by atoms with Crippen molar-refractivity contribution in [1.82, 2.24) is 4.90 Å². The van der Waals surface area contributed by atoms with E-state index in [1.54, 1.807) is 11.8 Å². The Hall–Kier alpha value is -1.53. The number of esters is 1. The summed E-state index contributed by atoms with van der Waals surface area (Å²) in [4.78, 5) is 25.6. The minimum atomic E-state index is -0.637. The number of carbonyl (C=O) groups is 2. The van der Waals surface area contributed by atoms with Crippen molar-refractivity contribution in [2.45, 2.75) is 64.0 Å². The Labute approximate surface area is 179 Å². The maximum absolute atomic E-state index is 12.6. The lowest BCUT2D eigenvalue weighted by atomic mass is 9.77. The first-order valence-electron chi connectivity index (χ1n) is 10.3. The number of halogens is 1. The molecule has 164 valence electrons. The molecule has 7 heteroatoms. The van der Waals surface area contributed by atoms with Gasteiger partial charge >= 0.3 is 12.1 Å². The molecule has 2 aliphatic rings. The van der Waals surface area contributed by atoms with Crippen LogP contribution in [0.5, 0.6) is 0 Å². The monoisotopic (exact) mass is 427 g/mol. The second-order valence-corrected chi connectivity index (χ2v) is 9.64. The zero-order valence-electron chi connectivity index (χ0n) is 18.2. The van der Waals surface area contributed by atoms with Crippen LogP contribution in [0.1, 0.15) is 47.5 Å². The molecule has 2 rings (SSSR count). The van der Waals surface area contributed by atoms with Crippen molar-refractivity contribution >= 4 is 23.7 Å². The van der Waals surface area contributed by atoms with Gasteiger partial charge in [0.05, 0.1) is 17.6 Å². The van der Waals surface area contributed by atoms with Crippen LogP contribution in [-0.4, -0.2) is 59.8 Å². The first kappa shape index (κ1) is 23.7. The molecule has 1 saturated heterocycles. The number of amides is 1. The number of hydrogen-bond donors (Lipinski definition) is 0. The Morgan fingerprint density at radius 2 is 2.03 bits per heavy atom. The van der Waals surface area contributed by atoms with Gasteiger partial charge in [-0.1, -0.05) is 24.3 Å². The molecule has 1 heterocycles. The third-order valence-electron chi connectivity index (χ3n) is 5.13. The number of ether oxygens (including phenoxy) is 3. The zero-order valence-corrected chi connectivity index (χ0v) is 18.9. The topological polar surface area (TPSA) is 65.1 Å². The molecule has 0 bridgehead atoms. The van der Waals surface area contributed by atoms with Crippen LogP contribution >= 0.6 is 11.6 Å². The van der Waals surface area contributed by atoms with Gasteiger partial charge in [0, 0.05) is 24.9 Å². The Morgan fingerprint density at radius 3 is 2.66 bits per heavy atom. The Balaban J connectivity index is 2.16. The van der Waals surface area contributed by atoms with Crippen molar-refractivity contribution in [2.75, 3.05) is 26.3 Å². The van der Waals surface area contributed by atoms with E-state index < -0.39 is 16.4 Å². The van der Waals surface area contributed by atoms with Crippen molar-refractivity contribution < 1.29 is 23.8 Å². The number of hydrogen-bond acceptors (Lipinski definition) is 5. The van der Waals surface area contributed by atoms with Gasteiger partial charge in [0.2, 0.25) is 0 Å². The molecular formula is C22H34ClNO5. The van der Waals surface area contributed by atoms with E-state index in [2.05, 4.69) is 0 Å². The zero-order chi connectivity index (χ0) is 21.7. The van der Waals surface area contributed by atoms with Gasteiger partial charge in [-0.2, -0.15) is 0 Å². The molecule has 0 aromatic rings. The van der Waals surface area contributed by atoms with Crippen LogP contribution in [0.3, 0.4) is 0 Å². The number of rotatable bonds is 6. The molecule has 29 heavy (non-hydrogen) atoms. The molecule has 1 fully saturated rings. The molecule has 0 saturated carbocycles. The maximum Gasteiger partial charge on any atom is 0.410 e. The fourth-order valence-electron chi connectivity index (χ4n) is 3.83. The van der Waals surface area contributed by atoms with E-state index in [4.69, 9.17) is 25.8 Å². The van der Waals surface area contributed by atoms with Crippen LogP contribution < -0.4 is 0 Å². The summed E-state index contributed by atoms with van der Waals surface area (Å²) < 4.78 is 16.6. The molecule has 0 N–H and O–H groups in total. The number of nitrogens with zero attached hydrogens (tertiary/aromatic N) is 1. The van der Waals surface area contributed by atoms with Crippen LogP contribution in [0, 0.1) is 11.8 Å². The van der Waals surface area contributed by atoms with Crippen molar-refractivity contribution in [3.63, 3.8) is 0 Å². The Morgan fingerprint density at radius 1 is 1.31 bits per heavy atom. The Bertz CT molecular complexity index is 638. The van der Waals surface area contributed by atoms with Crippen LogP contribution in [-0.2, 0) is 19.0 Å². The van der Waals surface area contributed by atoms with Crippen molar-refractivity contribution in [3.05, 3.63) is 24.3 Å². The Kier molecular flexibility index (Phi) is 8.18. The van der Waals surface area contributed by atoms with Gasteiger partial charge in [-0.15, -0.1) is 11.6 Å². The first-order valence-corrected chi connectivity index (χ1v) is 10.7. The van der Waals surface area contributed by atoms with Gasteiger partial charge in [-0.05, 0) is 47.5 Å². The molecule has 1 amide bonds. The highest BCUT2D eigenvalue weighted by Gasteiger charge is 2.42. The summed E-state index contributed by atoms with van der Waals surface area (Å²) in [5, 5.41) is 0. The lowest BCUT2D eigenvalue weighted by molar-refractivity contribution is -0.153. The van der Waals surface area contributed by atoms with E-state index in [9.17, 15) is 9.59 Å². The number of piperidine rings is 1. The van der Waals surface area contributed by atoms with E-state index in [1.807, 2.05) is 52.0 Å². The lowest BCUT2D eigenvalue weighted by Crippen LogP contribution is -2.50. The molecule has 0 spiro atoms. The molecule has 4 atom stereocenters. The van der Waals surface area contributed by atoms with Crippen molar-refractivity contribution in [1.29, 1.82) is 0 Å². The van der Waals surface area contributed by atoms with Crippen molar-refractivity contribution in [2.24, 2.45) is 11.8 Å². The van der Waals surface area contributed by atoms with Gasteiger partial charge in [0.25, 0.3) is 0 Å². The van der Waals surface area contributed by atoms with E-state index in [1.165, 1.54) is 0 Å². The molecular weight excluding hydrogens is 394 g/mol. The average molecular weight is 428 g/mol. The number of likely N-dealkylation sites (tertiary alicyclic amines) is 1. The second-order valence-electron chi connectivity index (χ2n) is 8.83. The summed E-state index contributed by atoms with van der Waals surface area (Å²) in [6, 6.07) is 0. The molecule has 6 nitrogen and oxygen atoms in total. The van der Waals surface area contributed by atoms with Gasteiger partial charge < -0.3 is 19.1 Å². The maximum atomic E-state index is 12.6. The normalized spacial score (nSPS) is 28.1. The van der Waals surface area contributed by atoms with Gasteiger partial charge in [0.1, 0.15) is 12.2 Å². The largest absolute Gasteiger partial charge is 0.464 e. The molecule has 1 aliphatic heterocycles. The standard InChI is InChI=1S/C22H34ClNO5/c1-6-27-18(25)15-28-19(17-11-7-8-12-22(17,5)23)16-10-9-13-24(14-16)20(26)29-21(2,3)4/h7-8,11-12,16-17,19H,6,9-10,13-15H2,1-5H3/t16?,17?,19-,22?/m1/s1. The van der Waals surface area contributed by atoms with E-state index >= 15 is 0 Å². The third-order valence-corrected chi connectivity index (χ3v) is 5.51. The van der Waals surface area contributed by atoms with E-state index in [0.29, 0.717) is 19.7 Å². The molecule has 1 aliphatic carbocycles. The SMILES string of the molecule is CCOC(=O)CO[C@H](C1CCCN(C(=O)OC(C)(C)C)C1)C1C=CC=CC1(C)Cl. The fourth-order valence-corrected chi connectivity index (χ4v) is 4.10. The minimum Gasteiger partial charge on any atom is -0.464 e. The molecule has 0 radical (unpaired) electrons. The number of carbonyl (C=O) groups excluding carboxylic acids is 2. The predicted octanol–water partition coefficient (Wildman–Crippen LogP) is 4.32. The highest BCUT2D eigenvalue weighted by atomic mass is 35.5. The van der Waals surface area contributed by atoms with E-state index in [-0.39, 0.29) is 30.6 Å². The van der Waals surface area contributed by atoms with Gasteiger partial charge in [-0.25, -0.2) is 9.59 Å². The lowest BCUT2D eigenvalue weighted by Gasteiger charge is -2.43. The summed E-state index contributed by atoms with van der Waals surface area (Å²) in [5.74, 6) is -0.499. The van der Waals surface area contributed by atoms with Gasteiger partial charge in [0.15, 0.2) is 0 Å². The quantitative estimate of drug-likeness (QED) is 0.466. The molecule has 0 aromatic heterocycles. The highest BCUT2D eigenvalue weighted by Crippen LogP contribution is 2.39. The first-order chi connectivity index (χ1) is 13.5. The second kappa shape index (κ2) is 9.98. The third kappa shape index (κ3) is 7.03. The van der Waals surface area contributed by atoms with Crippen LogP contribution in [0.2, 0.25) is 0 Å². The smallest absolute Gasteiger partial charge is 0.410 e. The summed E-state index contributed by atoms with van der Waals surface area (Å²) in [6.07, 6.45) is 8.91. The van der Waals surface area contributed by atoms with Crippen LogP contribution in [0.4, 0.5) is 4.79 Å². The molecule has 3 unspecified atom stereocenters. The fraction of sp³-hybridized carbons (Fsp3) is 0.727. The highest BCUT2D eigenvalue weighted by molar-refractivity contribution is 6.25. The summed E-state index contributed by atoms with van der Waals surface area (Å²) in [6.45, 7) is 10.6. The summed E-state index contributed by atoms with van der Waals surface area (Å²) in [5.41, 5.74) is -0.546. The predicted molar refractivity (Wildman–Crippen MR) is 113 cm³/mol. The number of alkyl halides is 1. The van der Waals surface area contributed by atoms with Crippen molar-refractivity contribution in [3.8, 4) is 0 Å². The number of allylic oxidation sites excluding steroid dienone is 3. The molecule has 0 aromatic carbocycles. The van der Waals surface area contributed by atoms with Crippen LogP contribution in [0.15, 0.2) is 24.3 Å².